The lowest BCUT2D eigenvalue weighted by Crippen LogP contribution is -2.63. The summed E-state index contributed by atoms with van der Waals surface area (Å²) in [6.07, 6.45) is 0.928. The molecular formula is C21H29BrN2O2. The zero-order valence-corrected chi connectivity index (χ0v) is 18.0. The first-order valence-electron chi connectivity index (χ1n) is 9.37. The fraction of sp³-hybridized carbons (Fsp3) is 0.619. The number of carbonyl (C=O) groups excluding carboxylic acids is 2. The Morgan fingerprint density at radius 3 is 2.27 bits per heavy atom. The molecule has 0 unspecified atom stereocenters. The summed E-state index contributed by atoms with van der Waals surface area (Å²) in [7, 11) is 0. The predicted molar refractivity (Wildman–Crippen MR) is 107 cm³/mol. The third kappa shape index (κ3) is 3.83. The second kappa shape index (κ2) is 6.66. The SMILES string of the molecule is CC(C)(C)C(=O)N1CCN(C(=O)[C@@H]2C[C@@H]2c2ccc(Br)cc2)C(C)(C)C1. The first-order chi connectivity index (χ1) is 12.0. The number of piperazine rings is 1. The maximum atomic E-state index is 13.1. The van der Waals surface area contributed by atoms with Crippen LogP contribution in [-0.2, 0) is 9.59 Å². The monoisotopic (exact) mass is 420 g/mol. The number of hydrogen-bond donors (Lipinski definition) is 0. The molecule has 1 aromatic rings. The first-order valence-corrected chi connectivity index (χ1v) is 10.2. The van der Waals surface area contributed by atoms with Crippen molar-refractivity contribution in [2.24, 2.45) is 11.3 Å². The summed E-state index contributed by atoms with van der Waals surface area (Å²) >= 11 is 3.46. The summed E-state index contributed by atoms with van der Waals surface area (Å²) in [5.74, 6) is 0.823. The molecule has 1 aliphatic heterocycles. The molecule has 5 heteroatoms. The van der Waals surface area contributed by atoms with Crippen LogP contribution in [0.15, 0.2) is 28.7 Å². The lowest BCUT2D eigenvalue weighted by Gasteiger charge is -2.48. The van der Waals surface area contributed by atoms with Gasteiger partial charge in [-0.05, 0) is 43.9 Å². The van der Waals surface area contributed by atoms with E-state index in [4.69, 9.17) is 0 Å². The molecule has 142 valence electrons. The number of benzene rings is 1. The second-order valence-electron chi connectivity index (χ2n) is 9.28. The fourth-order valence-electron chi connectivity index (χ4n) is 3.96. The third-order valence-corrected chi connectivity index (χ3v) is 6.03. The minimum absolute atomic E-state index is 0.0836. The van der Waals surface area contributed by atoms with Crippen LogP contribution in [0.3, 0.4) is 0 Å². The molecule has 2 fully saturated rings. The molecule has 2 atom stereocenters. The van der Waals surface area contributed by atoms with E-state index in [2.05, 4.69) is 41.9 Å². The van der Waals surface area contributed by atoms with Crippen molar-refractivity contribution in [2.75, 3.05) is 19.6 Å². The highest BCUT2D eigenvalue weighted by Crippen LogP contribution is 2.49. The fourth-order valence-corrected chi connectivity index (χ4v) is 4.22. The number of rotatable bonds is 2. The molecule has 3 rings (SSSR count). The average Bonchev–Trinajstić information content (AvgIpc) is 3.33. The van der Waals surface area contributed by atoms with E-state index in [0.717, 1.165) is 10.9 Å². The molecule has 1 aromatic carbocycles. The van der Waals surface area contributed by atoms with E-state index in [1.165, 1.54) is 5.56 Å². The quantitative estimate of drug-likeness (QED) is 0.723. The molecule has 1 saturated carbocycles. The van der Waals surface area contributed by atoms with Gasteiger partial charge >= 0.3 is 0 Å². The van der Waals surface area contributed by atoms with Gasteiger partial charge in [-0.3, -0.25) is 9.59 Å². The van der Waals surface area contributed by atoms with Crippen molar-refractivity contribution in [1.82, 2.24) is 9.80 Å². The molecule has 1 aliphatic carbocycles. The highest BCUT2D eigenvalue weighted by molar-refractivity contribution is 9.10. The predicted octanol–water partition coefficient (Wildman–Crippen LogP) is 4.05. The molecule has 1 heterocycles. The Hall–Kier alpha value is -1.36. The summed E-state index contributed by atoms with van der Waals surface area (Å²) < 4.78 is 1.06. The second-order valence-corrected chi connectivity index (χ2v) is 10.2. The zero-order valence-electron chi connectivity index (χ0n) is 16.4. The van der Waals surface area contributed by atoms with Crippen LogP contribution in [0.4, 0.5) is 0 Å². The average molecular weight is 421 g/mol. The molecule has 2 aliphatic rings. The highest BCUT2D eigenvalue weighted by atomic mass is 79.9. The normalized spacial score (nSPS) is 25.2. The van der Waals surface area contributed by atoms with Crippen molar-refractivity contribution in [2.45, 2.75) is 52.5 Å². The lowest BCUT2D eigenvalue weighted by atomic mass is 9.91. The molecule has 2 amide bonds. The van der Waals surface area contributed by atoms with Crippen LogP contribution < -0.4 is 0 Å². The Bertz CT molecular complexity index is 706. The summed E-state index contributed by atoms with van der Waals surface area (Å²) in [4.78, 5) is 29.6. The Morgan fingerprint density at radius 1 is 1.12 bits per heavy atom. The van der Waals surface area contributed by atoms with Gasteiger partial charge in [0.2, 0.25) is 11.8 Å². The highest BCUT2D eigenvalue weighted by Gasteiger charge is 2.50. The number of amides is 2. The van der Waals surface area contributed by atoms with Gasteiger partial charge in [-0.1, -0.05) is 48.8 Å². The maximum absolute atomic E-state index is 13.1. The van der Waals surface area contributed by atoms with Gasteiger partial charge in [0, 0.05) is 35.4 Å². The molecule has 1 saturated heterocycles. The Kier molecular flexibility index (Phi) is 4.97. The number of nitrogens with zero attached hydrogens (tertiary/aromatic N) is 2. The van der Waals surface area contributed by atoms with Gasteiger partial charge < -0.3 is 9.80 Å². The van der Waals surface area contributed by atoms with E-state index in [1.54, 1.807) is 0 Å². The van der Waals surface area contributed by atoms with E-state index in [1.807, 2.05) is 42.7 Å². The van der Waals surface area contributed by atoms with Crippen LogP contribution in [0.1, 0.15) is 52.5 Å². The first kappa shape index (κ1) is 19.4. The summed E-state index contributed by atoms with van der Waals surface area (Å²) in [6.45, 7) is 11.9. The largest absolute Gasteiger partial charge is 0.338 e. The van der Waals surface area contributed by atoms with Crippen LogP contribution in [0.2, 0.25) is 0 Å². The van der Waals surface area contributed by atoms with Gasteiger partial charge in [0.25, 0.3) is 0 Å². The zero-order chi connectivity index (χ0) is 19.3. The smallest absolute Gasteiger partial charge is 0.228 e. The standard InChI is InChI=1S/C21H29BrN2O2/c1-20(2,3)19(26)23-10-11-24(21(4,5)13-23)18(25)17-12-16(17)14-6-8-15(22)9-7-14/h6-9,16-17H,10-13H2,1-5H3/t16-,17-/m1/s1. The summed E-state index contributed by atoms with van der Waals surface area (Å²) in [6, 6.07) is 8.28. The van der Waals surface area contributed by atoms with Gasteiger partial charge in [0.05, 0.1) is 5.54 Å². The van der Waals surface area contributed by atoms with Gasteiger partial charge in [0.15, 0.2) is 0 Å². The molecule has 0 aromatic heterocycles. The Labute approximate surface area is 165 Å². The topological polar surface area (TPSA) is 40.6 Å². The Balaban J connectivity index is 1.66. The van der Waals surface area contributed by atoms with E-state index >= 15 is 0 Å². The minimum atomic E-state index is -0.384. The molecular weight excluding hydrogens is 392 g/mol. The molecule has 0 bridgehead atoms. The molecule has 0 radical (unpaired) electrons. The van der Waals surface area contributed by atoms with Crippen molar-refractivity contribution < 1.29 is 9.59 Å². The minimum Gasteiger partial charge on any atom is -0.338 e. The van der Waals surface area contributed by atoms with Gasteiger partial charge in [-0.2, -0.15) is 0 Å². The van der Waals surface area contributed by atoms with E-state index in [0.29, 0.717) is 25.6 Å². The molecule has 26 heavy (non-hydrogen) atoms. The van der Waals surface area contributed by atoms with Crippen LogP contribution in [0.25, 0.3) is 0 Å². The van der Waals surface area contributed by atoms with Gasteiger partial charge in [-0.25, -0.2) is 0 Å². The lowest BCUT2D eigenvalue weighted by molar-refractivity contribution is -0.152. The third-order valence-electron chi connectivity index (χ3n) is 5.50. The van der Waals surface area contributed by atoms with E-state index in [-0.39, 0.29) is 28.7 Å². The van der Waals surface area contributed by atoms with Crippen molar-refractivity contribution >= 4 is 27.7 Å². The van der Waals surface area contributed by atoms with Crippen LogP contribution in [0, 0.1) is 11.3 Å². The van der Waals surface area contributed by atoms with Crippen molar-refractivity contribution in [3.63, 3.8) is 0 Å². The van der Waals surface area contributed by atoms with Crippen molar-refractivity contribution in [3.05, 3.63) is 34.3 Å². The Morgan fingerprint density at radius 2 is 1.73 bits per heavy atom. The number of carbonyl (C=O) groups is 2. The van der Waals surface area contributed by atoms with Gasteiger partial charge in [0.1, 0.15) is 0 Å². The van der Waals surface area contributed by atoms with Crippen LogP contribution in [0.5, 0.6) is 0 Å². The van der Waals surface area contributed by atoms with Crippen LogP contribution >= 0.6 is 15.9 Å². The molecule has 0 spiro atoms. The van der Waals surface area contributed by atoms with Crippen LogP contribution in [-0.4, -0.2) is 46.8 Å². The van der Waals surface area contributed by atoms with Crippen molar-refractivity contribution in [1.29, 1.82) is 0 Å². The van der Waals surface area contributed by atoms with Crippen molar-refractivity contribution in [3.8, 4) is 0 Å². The molecule has 0 N–H and O–H groups in total. The van der Waals surface area contributed by atoms with E-state index < -0.39 is 0 Å². The van der Waals surface area contributed by atoms with Gasteiger partial charge in [-0.15, -0.1) is 0 Å². The number of halogens is 1. The van der Waals surface area contributed by atoms with E-state index in [9.17, 15) is 9.59 Å². The maximum Gasteiger partial charge on any atom is 0.228 e. The number of hydrogen-bond acceptors (Lipinski definition) is 2. The molecule has 4 nitrogen and oxygen atoms in total. The summed E-state index contributed by atoms with van der Waals surface area (Å²) in [5, 5.41) is 0. The summed E-state index contributed by atoms with van der Waals surface area (Å²) in [5.41, 5.74) is 0.528.